The molecule has 17 heteroatoms. The van der Waals surface area contributed by atoms with Gasteiger partial charge in [0.1, 0.15) is 44.9 Å². The second-order valence-corrected chi connectivity index (χ2v) is 15.5. The Morgan fingerprint density at radius 1 is 0.578 bits per heavy atom. The van der Waals surface area contributed by atoms with Gasteiger partial charge in [-0.25, -0.2) is 0 Å². The zero-order chi connectivity index (χ0) is 45.1. The molecule has 0 saturated carbocycles. The molecule has 64 heavy (non-hydrogen) atoms. The zero-order valence-corrected chi connectivity index (χ0v) is 36.1. The van der Waals surface area contributed by atoms with Crippen molar-refractivity contribution in [2.24, 2.45) is 40.9 Å². The van der Waals surface area contributed by atoms with Crippen LogP contribution in [0.2, 0.25) is 0 Å². The van der Waals surface area contributed by atoms with Crippen LogP contribution >= 0.6 is 0 Å². The van der Waals surface area contributed by atoms with Crippen LogP contribution in [0.5, 0.6) is 23.0 Å². The number of nitrogens with one attached hydrogen (secondary N) is 1. The quantitative estimate of drug-likeness (QED) is 0.0453. The third-order valence-electron chi connectivity index (χ3n) is 9.62. The highest BCUT2D eigenvalue weighted by atomic mass is 32.2. The van der Waals surface area contributed by atoms with E-state index in [1.165, 1.54) is 25.3 Å². The minimum atomic E-state index is -4.50. The maximum absolute atomic E-state index is 11.8. The summed E-state index contributed by atoms with van der Waals surface area (Å²) in [6.07, 6.45) is 1.71. The van der Waals surface area contributed by atoms with E-state index < -0.39 is 10.1 Å². The number of methoxy groups -OCH3 is 2. The van der Waals surface area contributed by atoms with Crippen molar-refractivity contribution in [3.8, 4) is 23.0 Å². The van der Waals surface area contributed by atoms with E-state index >= 15 is 0 Å². The molecular formula is C47H43N9O7S. The Morgan fingerprint density at radius 3 is 1.83 bits per heavy atom. The lowest BCUT2D eigenvalue weighted by molar-refractivity contribution is 0.310. The molecular weight excluding hydrogens is 835 g/mol. The van der Waals surface area contributed by atoms with Crippen LogP contribution in [0.15, 0.2) is 179 Å². The van der Waals surface area contributed by atoms with E-state index in [-0.39, 0.29) is 16.3 Å². The third kappa shape index (κ3) is 11.1. The summed E-state index contributed by atoms with van der Waals surface area (Å²) >= 11 is 0. The summed E-state index contributed by atoms with van der Waals surface area (Å²) in [5.41, 5.74) is 5.85. The van der Waals surface area contributed by atoms with Crippen LogP contribution in [0.25, 0.3) is 10.8 Å². The lowest BCUT2D eigenvalue weighted by atomic mass is 10.1. The fraction of sp³-hybridized carbons (Fsp3) is 0.149. The molecule has 7 aromatic carbocycles. The van der Waals surface area contributed by atoms with Gasteiger partial charge in [-0.15, -0.1) is 20.5 Å². The lowest BCUT2D eigenvalue weighted by Crippen LogP contribution is -1.97. The van der Waals surface area contributed by atoms with Gasteiger partial charge in [-0.2, -0.15) is 28.9 Å². The first-order chi connectivity index (χ1) is 31.0. The summed E-state index contributed by atoms with van der Waals surface area (Å²) in [6, 6.07) is 38.1. The Morgan fingerprint density at radius 2 is 1.16 bits per heavy atom. The smallest absolute Gasteiger partial charge is 0.296 e. The number of azo groups is 4. The second kappa shape index (κ2) is 20.3. The van der Waals surface area contributed by atoms with Gasteiger partial charge in [0.2, 0.25) is 0 Å². The van der Waals surface area contributed by atoms with Crippen LogP contribution in [-0.2, 0) is 10.1 Å². The number of fused-ring (bicyclic) bond motifs is 1. The van der Waals surface area contributed by atoms with Crippen LogP contribution in [0.1, 0.15) is 25.3 Å². The molecule has 0 bridgehead atoms. The zero-order valence-electron chi connectivity index (χ0n) is 35.2. The molecule has 0 atom stereocenters. The standard InChI is InChI=1S/C47H43N9O7S/c1-5-6-25-63-45-29-36(17-24-41(45)54-55-42-9-7-8-10-46(42)64(58,59)60)51-52-39-22-15-34(26-30(39)2)49-50-35-16-23-40(44(28-35)62-4)53-56-43-21-11-31-27-33(14-20-38(31)47(43)57)48-32-12-18-37(61-3)19-13-32/h7-24,26-29,48,57H,5-6,25H2,1-4H3,(H,58,59,60). The molecule has 3 N–H and O–H groups in total. The Kier molecular flexibility index (Phi) is 14.0. The first-order valence-corrected chi connectivity index (χ1v) is 21.4. The second-order valence-electron chi connectivity index (χ2n) is 14.1. The molecule has 0 heterocycles. The van der Waals surface area contributed by atoms with Crippen molar-refractivity contribution in [3.05, 3.63) is 139 Å². The number of nitrogens with zero attached hydrogens (tertiary/aromatic N) is 8. The number of aryl methyl sites for hydroxylation is 1. The normalized spacial score (nSPS) is 12.0. The van der Waals surface area contributed by atoms with Crippen molar-refractivity contribution in [1.82, 2.24) is 0 Å². The Balaban J connectivity index is 1.01. The molecule has 0 aromatic heterocycles. The van der Waals surface area contributed by atoms with E-state index in [4.69, 9.17) is 14.2 Å². The SMILES string of the molecule is CCCCOc1cc(N=Nc2ccc(N=Nc3ccc(N=Nc4ccc5cc(Nc6ccc(OC)cc6)ccc5c4O)c(OC)c3)cc2C)ccc1N=Nc1ccccc1S(=O)(=O)O. The molecule has 0 aliphatic rings. The number of hydrogen-bond acceptors (Lipinski definition) is 15. The molecule has 0 aliphatic carbocycles. The van der Waals surface area contributed by atoms with Gasteiger partial charge in [0.15, 0.2) is 5.75 Å². The van der Waals surface area contributed by atoms with Crippen LogP contribution < -0.4 is 19.5 Å². The van der Waals surface area contributed by atoms with Gasteiger partial charge in [0.05, 0.1) is 43.6 Å². The van der Waals surface area contributed by atoms with Gasteiger partial charge in [0, 0.05) is 28.9 Å². The summed E-state index contributed by atoms with van der Waals surface area (Å²) < 4.78 is 50.0. The maximum atomic E-state index is 11.8. The van der Waals surface area contributed by atoms with Crippen molar-refractivity contribution >= 4 is 77.8 Å². The third-order valence-corrected chi connectivity index (χ3v) is 10.5. The average molecular weight is 878 g/mol. The molecule has 0 aliphatic heterocycles. The molecule has 0 radical (unpaired) electrons. The average Bonchev–Trinajstić information content (AvgIpc) is 3.30. The Bertz CT molecular complexity index is 3030. The summed E-state index contributed by atoms with van der Waals surface area (Å²) in [4.78, 5) is -0.356. The predicted octanol–water partition coefficient (Wildman–Crippen LogP) is 14.7. The van der Waals surface area contributed by atoms with Gasteiger partial charge in [-0.05, 0) is 127 Å². The van der Waals surface area contributed by atoms with E-state index in [0.717, 1.165) is 40.9 Å². The summed E-state index contributed by atoms with van der Waals surface area (Å²) in [5.74, 6) is 1.58. The lowest BCUT2D eigenvalue weighted by Gasteiger charge is -2.10. The number of benzene rings is 7. The van der Waals surface area contributed by atoms with Gasteiger partial charge in [-0.3, -0.25) is 4.55 Å². The molecule has 0 saturated heterocycles. The number of unbranched alkanes of at least 4 members (excludes halogenated alkanes) is 1. The molecule has 7 aromatic rings. The van der Waals surface area contributed by atoms with Crippen LogP contribution in [0, 0.1) is 6.92 Å². The van der Waals surface area contributed by atoms with Crippen LogP contribution in [0.3, 0.4) is 0 Å². The van der Waals surface area contributed by atoms with E-state index in [0.29, 0.717) is 63.3 Å². The van der Waals surface area contributed by atoms with Gasteiger partial charge in [0.25, 0.3) is 10.1 Å². The Labute approximate surface area is 369 Å². The number of aromatic hydroxyl groups is 1. The first-order valence-electron chi connectivity index (χ1n) is 20.0. The Hall–Kier alpha value is -7.89. The largest absolute Gasteiger partial charge is 0.505 e. The van der Waals surface area contributed by atoms with Crippen molar-refractivity contribution < 1.29 is 32.3 Å². The van der Waals surface area contributed by atoms with Gasteiger partial charge >= 0.3 is 0 Å². The fourth-order valence-electron chi connectivity index (χ4n) is 6.22. The van der Waals surface area contributed by atoms with E-state index in [2.05, 4.69) is 46.2 Å². The van der Waals surface area contributed by atoms with E-state index in [1.807, 2.05) is 68.4 Å². The summed E-state index contributed by atoms with van der Waals surface area (Å²) in [5, 5.41) is 50.5. The number of phenols is 1. The number of hydrogen-bond donors (Lipinski definition) is 3. The first kappa shape index (κ1) is 44.2. The topological polar surface area (TPSA) is 213 Å². The van der Waals surface area contributed by atoms with Crippen LogP contribution in [0.4, 0.5) is 56.9 Å². The monoisotopic (exact) mass is 877 g/mol. The van der Waals surface area contributed by atoms with Crippen molar-refractivity contribution in [2.45, 2.75) is 31.6 Å². The highest BCUT2D eigenvalue weighted by Crippen LogP contribution is 2.40. The van der Waals surface area contributed by atoms with Crippen LogP contribution in [-0.4, -0.2) is 38.9 Å². The van der Waals surface area contributed by atoms with Gasteiger partial charge < -0.3 is 24.6 Å². The molecule has 0 fully saturated rings. The number of phenolic OH excluding ortho intramolecular Hbond substituents is 1. The minimum Gasteiger partial charge on any atom is -0.505 e. The van der Waals surface area contributed by atoms with E-state index in [1.54, 1.807) is 67.8 Å². The molecule has 0 spiro atoms. The summed E-state index contributed by atoms with van der Waals surface area (Å²) in [7, 11) is -1.35. The number of rotatable bonds is 17. The fourth-order valence-corrected chi connectivity index (χ4v) is 6.84. The molecule has 16 nitrogen and oxygen atoms in total. The highest BCUT2D eigenvalue weighted by Gasteiger charge is 2.15. The summed E-state index contributed by atoms with van der Waals surface area (Å²) in [6.45, 7) is 4.35. The van der Waals surface area contributed by atoms with Crippen molar-refractivity contribution in [3.63, 3.8) is 0 Å². The maximum Gasteiger partial charge on any atom is 0.296 e. The molecule has 7 rings (SSSR count). The predicted molar refractivity (Wildman–Crippen MR) is 246 cm³/mol. The van der Waals surface area contributed by atoms with Crippen molar-refractivity contribution in [1.29, 1.82) is 0 Å². The van der Waals surface area contributed by atoms with Gasteiger partial charge in [-0.1, -0.05) is 31.5 Å². The molecule has 0 amide bonds. The number of ether oxygens (including phenoxy) is 3. The van der Waals surface area contributed by atoms with E-state index in [9.17, 15) is 18.1 Å². The van der Waals surface area contributed by atoms with Crippen molar-refractivity contribution in [2.75, 3.05) is 26.1 Å². The molecule has 324 valence electrons. The number of anilines is 2. The molecule has 0 unspecified atom stereocenters. The highest BCUT2D eigenvalue weighted by molar-refractivity contribution is 7.86. The minimum absolute atomic E-state index is 0.00529.